The second kappa shape index (κ2) is 6.32. The van der Waals surface area contributed by atoms with Gasteiger partial charge in [-0.2, -0.15) is 5.26 Å². The van der Waals surface area contributed by atoms with Gasteiger partial charge in [-0.15, -0.1) is 0 Å². The Kier molecular flexibility index (Phi) is 4.50. The van der Waals surface area contributed by atoms with E-state index in [1.807, 2.05) is 23.2 Å². The lowest BCUT2D eigenvalue weighted by Gasteiger charge is -2.32. The molecular formula is C14H18N4O. The highest BCUT2D eigenvalue weighted by atomic mass is 16.2. The number of nitrogens with zero attached hydrogens (tertiary/aromatic N) is 3. The standard InChI is InChI=1S/C14H18N4O/c1-17-7-9-18(10-8-17)16-14(19)13(11-15)12-5-3-2-4-6-12/h2-6,13H,7-10H2,1H3,(H,16,19). The fraction of sp³-hybridized carbons (Fsp3) is 0.429. The number of amides is 1. The molecule has 1 N–H and O–H groups in total. The molecule has 1 aliphatic heterocycles. The molecule has 1 aromatic rings. The molecule has 0 spiro atoms. The van der Waals surface area contributed by atoms with Crippen molar-refractivity contribution in [3.05, 3.63) is 35.9 Å². The minimum absolute atomic E-state index is 0.252. The van der Waals surface area contributed by atoms with Gasteiger partial charge in [0.05, 0.1) is 6.07 Å². The molecule has 1 aromatic carbocycles. The Balaban J connectivity index is 1.97. The van der Waals surface area contributed by atoms with Crippen LogP contribution in [0.15, 0.2) is 30.3 Å². The van der Waals surface area contributed by atoms with Gasteiger partial charge in [-0.25, -0.2) is 5.01 Å². The van der Waals surface area contributed by atoms with Crippen molar-refractivity contribution in [2.45, 2.75) is 5.92 Å². The summed E-state index contributed by atoms with van der Waals surface area (Å²) in [5.41, 5.74) is 3.57. The van der Waals surface area contributed by atoms with Crippen molar-refractivity contribution in [2.24, 2.45) is 0 Å². The largest absolute Gasteiger partial charge is 0.304 e. The topological polar surface area (TPSA) is 59.4 Å². The second-order valence-corrected chi connectivity index (χ2v) is 4.74. The van der Waals surface area contributed by atoms with E-state index in [2.05, 4.69) is 23.4 Å². The minimum Gasteiger partial charge on any atom is -0.304 e. The van der Waals surface area contributed by atoms with E-state index in [0.717, 1.165) is 31.7 Å². The van der Waals surface area contributed by atoms with E-state index in [4.69, 9.17) is 0 Å². The summed E-state index contributed by atoms with van der Waals surface area (Å²) in [7, 11) is 2.06. The highest BCUT2D eigenvalue weighted by molar-refractivity contribution is 5.86. The van der Waals surface area contributed by atoms with E-state index in [0.29, 0.717) is 0 Å². The van der Waals surface area contributed by atoms with Crippen molar-refractivity contribution in [1.82, 2.24) is 15.3 Å². The highest BCUT2D eigenvalue weighted by Crippen LogP contribution is 2.14. The Morgan fingerprint density at radius 2 is 1.89 bits per heavy atom. The molecule has 1 unspecified atom stereocenters. The van der Waals surface area contributed by atoms with Gasteiger partial charge in [0.15, 0.2) is 5.92 Å². The maximum Gasteiger partial charge on any atom is 0.256 e. The fourth-order valence-corrected chi connectivity index (χ4v) is 2.07. The predicted molar refractivity (Wildman–Crippen MR) is 72.0 cm³/mol. The van der Waals surface area contributed by atoms with Crippen LogP contribution in [0, 0.1) is 11.3 Å². The first-order valence-electron chi connectivity index (χ1n) is 6.39. The van der Waals surface area contributed by atoms with Crippen LogP contribution in [0.2, 0.25) is 0 Å². The molecule has 0 bridgehead atoms. The summed E-state index contributed by atoms with van der Waals surface area (Å²) in [4.78, 5) is 14.3. The Labute approximate surface area is 113 Å². The molecule has 5 heteroatoms. The molecule has 100 valence electrons. The average Bonchev–Trinajstić information content (AvgIpc) is 2.43. The van der Waals surface area contributed by atoms with E-state index in [9.17, 15) is 10.1 Å². The van der Waals surface area contributed by atoms with Crippen LogP contribution in [0.5, 0.6) is 0 Å². The van der Waals surface area contributed by atoms with Gasteiger partial charge in [-0.1, -0.05) is 30.3 Å². The molecule has 1 aliphatic rings. The smallest absolute Gasteiger partial charge is 0.256 e. The molecule has 19 heavy (non-hydrogen) atoms. The zero-order valence-electron chi connectivity index (χ0n) is 11.0. The summed E-state index contributed by atoms with van der Waals surface area (Å²) < 4.78 is 0. The molecule has 1 atom stereocenters. The maximum atomic E-state index is 12.1. The number of piperazine rings is 1. The Morgan fingerprint density at radius 3 is 2.47 bits per heavy atom. The van der Waals surface area contributed by atoms with E-state index < -0.39 is 5.92 Å². The zero-order chi connectivity index (χ0) is 13.7. The molecule has 5 nitrogen and oxygen atoms in total. The van der Waals surface area contributed by atoms with Crippen molar-refractivity contribution in [1.29, 1.82) is 5.26 Å². The van der Waals surface area contributed by atoms with Crippen molar-refractivity contribution < 1.29 is 4.79 Å². The summed E-state index contributed by atoms with van der Waals surface area (Å²) >= 11 is 0. The number of carbonyl (C=O) groups excluding carboxylic acids is 1. The third-order valence-electron chi connectivity index (χ3n) is 3.30. The highest BCUT2D eigenvalue weighted by Gasteiger charge is 2.23. The molecule has 1 amide bonds. The number of benzene rings is 1. The summed E-state index contributed by atoms with van der Waals surface area (Å²) in [5, 5.41) is 11.1. The Morgan fingerprint density at radius 1 is 1.26 bits per heavy atom. The van der Waals surface area contributed by atoms with Crippen LogP contribution in [0.25, 0.3) is 0 Å². The lowest BCUT2D eigenvalue weighted by atomic mass is 10.0. The zero-order valence-corrected chi connectivity index (χ0v) is 11.0. The number of carbonyl (C=O) groups is 1. The van der Waals surface area contributed by atoms with Gasteiger partial charge in [-0.05, 0) is 12.6 Å². The summed E-state index contributed by atoms with van der Waals surface area (Å²) in [5.74, 6) is -1.00. The van der Waals surface area contributed by atoms with Crippen LogP contribution in [0.1, 0.15) is 11.5 Å². The summed E-state index contributed by atoms with van der Waals surface area (Å²) in [6.07, 6.45) is 0. The number of rotatable bonds is 3. The van der Waals surface area contributed by atoms with Crippen LogP contribution in [-0.4, -0.2) is 49.0 Å². The molecule has 0 aliphatic carbocycles. The van der Waals surface area contributed by atoms with Crippen LogP contribution in [-0.2, 0) is 4.79 Å². The summed E-state index contributed by atoms with van der Waals surface area (Å²) in [6, 6.07) is 11.2. The number of likely N-dealkylation sites (N-methyl/N-ethyl adjacent to an activating group) is 1. The molecule has 2 rings (SSSR count). The van der Waals surface area contributed by atoms with Gasteiger partial charge in [-0.3, -0.25) is 10.2 Å². The fourth-order valence-electron chi connectivity index (χ4n) is 2.07. The van der Waals surface area contributed by atoms with Crippen molar-refractivity contribution >= 4 is 5.91 Å². The minimum atomic E-state index is -0.749. The third kappa shape index (κ3) is 3.53. The number of hydrogen-bond donors (Lipinski definition) is 1. The molecular weight excluding hydrogens is 240 g/mol. The first kappa shape index (κ1) is 13.5. The van der Waals surface area contributed by atoms with Gasteiger partial charge < -0.3 is 4.90 Å². The Hall–Kier alpha value is -1.90. The number of hydrogen-bond acceptors (Lipinski definition) is 4. The van der Waals surface area contributed by atoms with Gasteiger partial charge in [0.25, 0.3) is 5.91 Å². The Bertz CT molecular complexity index is 460. The van der Waals surface area contributed by atoms with Crippen molar-refractivity contribution in [3.8, 4) is 6.07 Å². The first-order valence-corrected chi connectivity index (χ1v) is 6.39. The van der Waals surface area contributed by atoms with Gasteiger partial charge in [0, 0.05) is 26.2 Å². The maximum absolute atomic E-state index is 12.1. The van der Waals surface area contributed by atoms with E-state index in [1.165, 1.54) is 0 Å². The van der Waals surface area contributed by atoms with Crippen LogP contribution >= 0.6 is 0 Å². The molecule has 1 saturated heterocycles. The molecule has 0 radical (unpaired) electrons. The van der Waals surface area contributed by atoms with Gasteiger partial charge in [0.1, 0.15) is 0 Å². The van der Waals surface area contributed by atoms with Crippen LogP contribution in [0.4, 0.5) is 0 Å². The van der Waals surface area contributed by atoms with Gasteiger partial charge in [0.2, 0.25) is 0 Å². The predicted octanol–water partition coefficient (Wildman–Crippen LogP) is 0.572. The molecule has 1 fully saturated rings. The SMILES string of the molecule is CN1CCN(NC(=O)C(C#N)c2ccccc2)CC1. The molecule has 0 aromatic heterocycles. The summed E-state index contributed by atoms with van der Waals surface area (Å²) in [6.45, 7) is 3.41. The normalized spacial score (nSPS) is 18.5. The van der Waals surface area contributed by atoms with Gasteiger partial charge >= 0.3 is 0 Å². The molecule has 1 heterocycles. The van der Waals surface area contributed by atoms with Crippen molar-refractivity contribution in [2.75, 3.05) is 33.2 Å². The lowest BCUT2D eigenvalue weighted by Crippen LogP contribution is -2.53. The van der Waals surface area contributed by atoms with E-state index in [-0.39, 0.29) is 5.91 Å². The molecule has 0 saturated carbocycles. The average molecular weight is 258 g/mol. The first-order chi connectivity index (χ1) is 9.20. The van der Waals surface area contributed by atoms with Crippen LogP contribution in [0.3, 0.4) is 0 Å². The van der Waals surface area contributed by atoms with E-state index >= 15 is 0 Å². The number of hydrazine groups is 1. The quantitative estimate of drug-likeness (QED) is 0.861. The van der Waals surface area contributed by atoms with Crippen molar-refractivity contribution in [3.63, 3.8) is 0 Å². The lowest BCUT2D eigenvalue weighted by molar-refractivity contribution is -0.127. The monoisotopic (exact) mass is 258 g/mol. The number of nitriles is 1. The third-order valence-corrected chi connectivity index (χ3v) is 3.30. The van der Waals surface area contributed by atoms with Crippen LogP contribution < -0.4 is 5.43 Å². The van der Waals surface area contributed by atoms with E-state index in [1.54, 1.807) is 12.1 Å². The second-order valence-electron chi connectivity index (χ2n) is 4.74. The number of nitrogens with one attached hydrogen (secondary N) is 1.